The molecule has 0 saturated carbocycles. The van der Waals surface area contributed by atoms with Crippen LogP contribution >= 0.6 is 11.3 Å². The molecule has 162 valence electrons. The zero-order chi connectivity index (χ0) is 22.1. The zero-order valence-corrected chi connectivity index (χ0v) is 18.4. The van der Waals surface area contributed by atoms with Gasteiger partial charge in [0.2, 0.25) is 5.91 Å². The quantitative estimate of drug-likeness (QED) is 0.657. The zero-order valence-electron chi connectivity index (χ0n) is 17.5. The highest BCUT2D eigenvalue weighted by atomic mass is 32.1. The molecule has 0 spiro atoms. The normalized spacial score (nSPS) is 16.5. The van der Waals surface area contributed by atoms with Crippen LogP contribution in [-0.2, 0) is 16.1 Å². The fraction of sp³-hybridized carbons (Fsp3) is 0.381. The number of carbonyl (C=O) groups excluding carboxylic acids is 2. The Bertz CT molecular complexity index is 1220. The van der Waals surface area contributed by atoms with Crippen LogP contribution in [0.25, 0.3) is 10.2 Å². The van der Waals surface area contributed by atoms with E-state index in [1.165, 1.54) is 15.9 Å². The lowest BCUT2D eigenvalue weighted by Gasteiger charge is -2.33. The lowest BCUT2D eigenvalue weighted by Crippen LogP contribution is -2.45. The van der Waals surface area contributed by atoms with Gasteiger partial charge in [0.05, 0.1) is 13.2 Å². The van der Waals surface area contributed by atoms with Gasteiger partial charge in [-0.05, 0) is 26.0 Å². The molecular weight excluding hydrogens is 418 g/mol. The summed E-state index contributed by atoms with van der Waals surface area (Å²) < 4.78 is 7.36. The van der Waals surface area contributed by atoms with Crippen LogP contribution in [0.1, 0.15) is 32.7 Å². The molecule has 0 unspecified atom stereocenters. The van der Waals surface area contributed by atoms with E-state index in [0.29, 0.717) is 29.4 Å². The fourth-order valence-corrected chi connectivity index (χ4v) is 4.95. The predicted octanol–water partition coefficient (Wildman–Crippen LogP) is 1.43. The average molecular weight is 442 g/mol. The van der Waals surface area contributed by atoms with Crippen LogP contribution in [0.2, 0.25) is 0 Å². The second kappa shape index (κ2) is 8.56. The lowest BCUT2D eigenvalue weighted by atomic mass is 10.0. The number of pyridine rings is 1. The van der Waals surface area contributed by atoms with E-state index in [2.05, 4.69) is 15.3 Å². The number of morpholine rings is 1. The third-order valence-electron chi connectivity index (χ3n) is 5.32. The Hall–Kier alpha value is -3.11. The molecule has 31 heavy (non-hydrogen) atoms. The number of fused-ring (bicyclic) bond motifs is 1. The number of rotatable bonds is 4. The number of nitrogens with one attached hydrogen (secondary N) is 1. The van der Waals surface area contributed by atoms with Crippen LogP contribution in [0.15, 0.2) is 29.2 Å². The summed E-state index contributed by atoms with van der Waals surface area (Å²) in [6.07, 6.45) is 1.22. The maximum atomic E-state index is 13.0. The topological polar surface area (TPSA) is 106 Å². The SMILES string of the molecule is CNC(=O)c1sc2ncccc2c1[C@H]1CN(C(=O)Cn2c(C)cc(C)nc2=O)CCO1. The molecular formula is C21H23N5O4S. The number of hydrogen-bond donors (Lipinski definition) is 1. The molecule has 2 amide bonds. The molecule has 0 aliphatic carbocycles. The summed E-state index contributed by atoms with van der Waals surface area (Å²) in [5.74, 6) is -0.402. The molecule has 1 fully saturated rings. The summed E-state index contributed by atoms with van der Waals surface area (Å²) in [6.45, 7) is 4.48. The Morgan fingerprint density at radius 1 is 1.35 bits per heavy atom. The number of aryl methyl sites for hydroxylation is 2. The second-order valence-electron chi connectivity index (χ2n) is 7.39. The van der Waals surface area contributed by atoms with Crippen LogP contribution in [0, 0.1) is 13.8 Å². The molecule has 1 N–H and O–H groups in total. The van der Waals surface area contributed by atoms with Crippen molar-refractivity contribution in [2.24, 2.45) is 0 Å². The van der Waals surface area contributed by atoms with Gasteiger partial charge in [0.25, 0.3) is 5.91 Å². The number of nitrogens with zero attached hydrogens (tertiary/aromatic N) is 4. The highest BCUT2D eigenvalue weighted by Gasteiger charge is 2.31. The molecule has 1 aliphatic heterocycles. The molecule has 0 radical (unpaired) electrons. The average Bonchev–Trinajstić information content (AvgIpc) is 3.15. The minimum Gasteiger partial charge on any atom is -0.370 e. The molecule has 1 saturated heterocycles. The van der Waals surface area contributed by atoms with Crippen molar-refractivity contribution in [2.75, 3.05) is 26.7 Å². The van der Waals surface area contributed by atoms with E-state index in [1.54, 1.807) is 38.1 Å². The van der Waals surface area contributed by atoms with Gasteiger partial charge in [-0.15, -0.1) is 11.3 Å². The van der Waals surface area contributed by atoms with E-state index >= 15 is 0 Å². The summed E-state index contributed by atoms with van der Waals surface area (Å²) >= 11 is 1.31. The van der Waals surface area contributed by atoms with Gasteiger partial charge in [0.1, 0.15) is 22.4 Å². The molecule has 3 aromatic rings. The van der Waals surface area contributed by atoms with Crippen molar-refractivity contribution < 1.29 is 14.3 Å². The summed E-state index contributed by atoms with van der Waals surface area (Å²) in [6, 6.07) is 5.50. The van der Waals surface area contributed by atoms with Gasteiger partial charge < -0.3 is 15.0 Å². The Balaban J connectivity index is 1.62. The molecule has 1 aliphatic rings. The van der Waals surface area contributed by atoms with Crippen molar-refractivity contribution in [3.05, 3.63) is 56.7 Å². The van der Waals surface area contributed by atoms with Gasteiger partial charge in [0, 0.05) is 42.1 Å². The summed E-state index contributed by atoms with van der Waals surface area (Å²) in [5.41, 5.74) is 1.62. The van der Waals surface area contributed by atoms with Gasteiger partial charge >= 0.3 is 5.69 Å². The maximum Gasteiger partial charge on any atom is 0.348 e. The first-order chi connectivity index (χ1) is 14.9. The Kier molecular flexibility index (Phi) is 5.84. The van der Waals surface area contributed by atoms with Gasteiger partial charge in [-0.1, -0.05) is 6.07 Å². The van der Waals surface area contributed by atoms with Crippen LogP contribution < -0.4 is 11.0 Å². The maximum absolute atomic E-state index is 13.0. The molecule has 10 heteroatoms. The van der Waals surface area contributed by atoms with Crippen LogP contribution in [0.3, 0.4) is 0 Å². The van der Waals surface area contributed by atoms with E-state index in [4.69, 9.17) is 4.74 Å². The molecule has 1 atom stereocenters. The summed E-state index contributed by atoms with van der Waals surface area (Å²) in [7, 11) is 1.58. The van der Waals surface area contributed by atoms with Crippen molar-refractivity contribution in [2.45, 2.75) is 26.5 Å². The Morgan fingerprint density at radius 3 is 2.90 bits per heavy atom. The van der Waals surface area contributed by atoms with Crippen molar-refractivity contribution in [1.82, 2.24) is 24.8 Å². The molecule has 9 nitrogen and oxygen atoms in total. The van der Waals surface area contributed by atoms with Gasteiger partial charge in [-0.25, -0.2) is 9.78 Å². The number of thiophene rings is 1. The van der Waals surface area contributed by atoms with Crippen molar-refractivity contribution in [3.63, 3.8) is 0 Å². The van der Waals surface area contributed by atoms with Gasteiger partial charge in [0.15, 0.2) is 0 Å². The van der Waals surface area contributed by atoms with Crippen molar-refractivity contribution >= 4 is 33.4 Å². The third kappa shape index (κ3) is 4.08. The first-order valence-electron chi connectivity index (χ1n) is 9.93. The Morgan fingerprint density at radius 2 is 2.16 bits per heavy atom. The fourth-order valence-electron chi connectivity index (χ4n) is 3.81. The predicted molar refractivity (Wildman–Crippen MR) is 116 cm³/mol. The third-order valence-corrected chi connectivity index (χ3v) is 6.45. The van der Waals surface area contributed by atoms with E-state index in [0.717, 1.165) is 15.8 Å². The summed E-state index contributed by atoms with van der Waals surface area (Å²) in [4.78, 5) is 49.0. The van der Waals surface area contributed by atoms with Crippen LogP contribution in [0.4, 0.5) is 0 Å². The standard InChI is InChI=1S/C21H23N5O4S/c1-12-9-13(2)26(21(29)24-12)11-16(27)25-7-8-30-15(10-25)17-14-5-4-6-23-20(14)31-18(17)19(28)22-3/h4-6,9,15H,7-8,10-11H2,1-3H3,(H,22,28)/t15-/m1/s1. The van der Waals surface area contributed by atoms with Gasteiger partial charge in [-0.2, -0.15) is 4.98 Å². The molecule has 0 aromatic carbocycles. The Labute approximate surface area is 182 Å². The first-order valence-corrected chi connectivity index (χ1v) is 10.7. The van der Waals surface area contributed by atoms with Crippen LogP contribution in [-0.4, -0.2) is 58.0 Å². The van der Waals surface area contributed by atoms with E-state index < -0.39 is 11.8 Å². The molecule has 0 bridgehead atoms. The van der Waals surface area contributed by atoms with E-state index in [-0.39, 0.29) is 24.9 Å². The highest BCUT2D eigenvalue weighted by molar-refractivity contribution is 7.20. The van der Waals surface area contributed by atoms with Crippen molar-refractivity contribution in [1.29, 1.82) is 0 Å². The van der Waals surface area contributed by atoms with Gasteiger partial charge in [-0.3, -0.25) is 14.2 Å². The smallest absolute Gasteiger partial charge is 0.348 e. The number of aromatic nitrogens is 3. The summed E-state index contributed by atoms with van der Waals surface area (Å²) in [5, 5.41) is 3.52. The molecule has 3 aromatic heterocycles. The van der Waals surface area contributed by atoms with Crippen molar-refractivity contribution in [3.8, 4) is 0 Å². The molecule has 4 heterocycles. The van der Waals surface area contributed by atoms with Crippen LogP contribution in [0.5, 0.6) is 0 Å². The largest absolute Gasteiger partial charge is 0.370 e. The second-order valence-corrected chi connectivity index (χ2v) is 8.39. The van der Waals surface area contributed by atoms with E-state index in [9.17, 15) is 14.4 Å². The number of amides is 2. The minimum atomic E-state index is -0.461. The number of carbonyl (C=O) groups is 2. The lowest BCUT2D eigenvalue weighted by molar-refractivity contribution is -0.139. The monoisotopic (exact) mass is 441 g/mol. The minimum absolute atomic E-state index is 0.0844. The number of ether oxygens (including phenoxy) is 1. The van der Waals surface area contributed by atoms with E-state index in [1.807, 2.05) is 12.1 Å². The highest BCUT2D eigenvalue weighted by Crippen LogP contribution is 2.37. The number of hydrogen-bond acceptors (Lipinski definition) is 7. The first kappa shape index (κ1) is 21.1. The molecule has 4 rings (SSSR count).